The van der Waals surface area contributed by atoms with Gasteiger partial charge < -0.3 is 9.84 Å². The Morgan fingerprint density at radius 1 is 1.37 bits per heavy atom. The van der Waals surface area contributed by atoms with Crippen LogP contribution in [0.1, 0.15) is 17.4 Å². The largest absolute Gasteiger partial charge is 0.492 e. The lowest BCUT2D eigenvalue weighted by Gasteiger charge is -2.08. The number of rotatable bonds is 4. The van der Waals surface area contributed by atoms with E-state index in [2.05, 4.69) is 9.97 Å². The fourth-order valence-electron chi connectivity index (χ4n) is 1.63. The number of carbonyl (C=O) groups is 1. The summed E-state index contributed by atoms with van der Waals surface area (Å²) < 4.78 is 5.32. The molecule has 98 valence electrons. The molecule has 0 bridgehead atoms. The van der Waals surface area contributed by atoms with Gasteiger partial charge in [0.05, 0.1) is 11.6 Å². The predicted molar refractivity (Wildman–Crippen MR) is 70.6 cm³/mol. The van der Waals surface area contributed by atoms with Crippen molar-refractivity contribution in [1.29, 1.82) is 0 Å². The SMILES string of the molecule is CCOc1ccc(-c2nccnc2C(=O)O)cc1Cl. The molecule has 2 rings (SSSR count). The van der Waals surface area contributed by atoms with Crippen molar-refractivity contribution in [2.75, 3.05) is 6.61 Å². The molecule has 0 aliphatic heterocycles. The number of ether oxygens (including phenoxy) is 1. The Balaban J connectivity index is 2.48. The number of halogens is 1. The number of hydrogen-bond donors (Lipinski definition) is 1. The van der Waals surface area contributed by atoms with Crippen LogP contribution in [0.2, 0.25) is 5.02 Å². The first kappa shape index (κ1) is 13.3. The summed E-state index contributed by atoms with van der Waals surface area (Å²) in [7, 11) is 0. The molecule has 0 saturated heterocycles. The lowest BCUT2D eigenvalue weighted by molar-refractivity contribution is 0.0691. The van der Waals surface area contributed by atoms with Gasteiger partial charge in [-0.1, -0.05) is 11.6 Å². The summed E-state index contributed by atoms with van der Waals surface area (Å²) in [5.74, 6) is -0.582. The zero-order valence-electron chi connectivity index (χ0n) is 10.1. The Kier molecular flexibility index (Phi) is 3.97. The molecule has 0 aliphatic carbocycles. The van der Waals surface area contributed by atoms with Gasteiger partial charge in [0.15, 0.2) is 5.69 Å². The van der Waals surface area contributed by atoms with E-state index >= 15 is 0 Å². The topological polar surface area (TPSA) is 72.3 Å². The van der Waals surface area contributed by atoms with Crippen molar-refractivity contribution < 1.29 is 14.6 Å². The van der Waals surface area contributed by atoms with Crippen molar-refractivity contribution in [2.45, 2.75) is 6.92 Å². The first-order valence-electron chi connectivity index (χ1n) is 5.60. The van der Waals surface area contributed by atoms with Gasteiger partial charge in [0.2, 0.25) is 0 Å². The zero-order chi connectivity index (χ0) is 13.8. The van der Waals surface area contributed by atoms with Crippen molar-refractivity contribution >= 4 is 17.6 Å². The van der Waals surface area contributed by atoms with Gasteiger partial charge in [-0.05, 0) is 25.1 Å². The van der Waals surface area contributed by atoms with Crippen LogP contribution >= 0.6 is 11.6 Å². The molecule has 0 radical (unpaired) electrons. The van der Waals surface area contributed by atoms with Crippen LogP contribution in [0.5, 0.6) is 5.75 Å². The van der Waals surface area contributed by atoms with Crippen LogP contribution in [0.15, 0.2) is 30.6 Å². The predicted octanol–water partition coefficient (Wildman–Crippen LogP) is 2.89. The average molecular weight is 279 g/mol. The molecule has 0 aliphatic rings. The van der Waals surface area contributed by atoms with Crippen LogP contribution in [0.4, 0.5) is 0 Å². The number of aromatic carboxylic acids is 1. The Bertz CT molecular complexity index is 617. The van der Waals surface area contributed by atoms with Gasteiger partial charge in [-0.15, -0.1) is 0 Å². The Labute approximate surface area is 114 Å². The third-order valence-electron chi connectivity index (χ3n) is 2.41. The van der Waals surface area contributed by atoms with Gasteiger partial charge in [-0.3, -0.25) is 4.98 Å². The van der Waals surface area contributed by atoms with Gasteiger partial charge in [-0.25, -0.2) is 9.78 Å². The summed E-state index contributed by atoms with van der Waals surface area (Å²) in [5, 5.41) is 9.48. The van der Waals surface area contributed by atoms with E-state index in [4.69, 9.17) is 21.4 Å². The summed E-state index contributed by atoms with van der Waals surface area (Å²) in [5.41, 5.74) is 0.752. The van der Waals surface area contributed by atoms with E-state index in [1.807, 2.05) is 6.92 Å². The lowest BCUT2D eigenvalue weighted by atomic mass is 10.1. The minimum atomic E-state index is -1.13. The van der Waals surface area contributed by atoms with E-state index < -0.39 is 5.97 Å². The molecule has 19 heavy (non-hydrogen) atoms. The maximum atomic E-state index is 11.1. The molecule has 0 fully saturated rings. The van der Waals surface area contributed by atoms with Crippen LogP contribution in [-0.2, 0) is 0 Å². The van der Waals surface area contributed by atoms with Crippen molar-refractivity contribution in [3.63, 3.8) is 0 Å². The number of carboxylic acid groups (broad SMARTS) is 1. The molecule has 0 spiro atoms. The van der Waals surface area contributed by atoms with Crippen LogP contribution in [-0.4, -0.2) is 27.7 Å². The highest BCUT2D eigenvalue weighted by molar-refractivity contribution is 6.32. The van der Waals surface area contributed by atoms with Crippen LogP contribution < -0.4 is 4.74 Å². The number of aromatic nitrogens is 2. The van der Waals surface area contributed by atoms with Crippen LogP contribution in [0, 0.1) is 0 Å². The second kappa shape index (κ2) is 5.67. The highest BCUT2D eigenvalue weighted by Gasteiger charge is 2.15. The van der Waals surface area contributed by atoms with E-state index in [1.165, 1.54) is 12.4 Å². The standard InChI is InChI=1S/C13H11ClN2O3/c1-2-19-10-4-3-8(7-9(10)14)11-12(13(17)18)16-6-5-15-11/h3-7H,2H2,1H3,(H,17,18). The smallest absolute Gasteiger partial charge is 0.356 e. The number of benzene rings is 1. The van der Waals surface area contributed by atoms with E-state index in [0.29, 0.717) is 22.9 Å². The highest BCUT2D eigenvalue weighted by atomic mass is 35.5. The van der Waals surface area contributed by atoms with Gasteiger partial charge >= 0.3 is 5.97 Å². The first-order chi connectivity index (χ1) is 9.13. The normalized spacial score (nSPS) is 10.2. The highest BCUT2D eigenvalue weighted by Crippen LogP contribution is 2.30. The fraction of sp³-hybridized carbons (Fsp3) is 0.154. The van der Waals surface area contributed by atoms with Crippen LogP contribution in [0.3, 0.4) is 0 Å². The number of nitrogens with zero attached hydrogens (tertiary/aromatic N) is 2. The summed E-state index contributed by atoms with van der Waals surface area (Å²) in [4.78, 5) is 18.9. The van der Waals surface area contributed by atoms with E-state index in [0.717, 1.165) is 0 Å². The minimum absolute atomic E-state index is 0.109. The molecule has 2 aromatic rings. The molecule has 5 nitrogen and oxygen atoms in total. The third-order valence-corrected chi connectivity index (χ3v) is 2.70. The van der Waals surface area contributed by atoms with Gasteiger partial charge in [-0.2, -0.15) is 0 Å². The maximum Gasteiger partial charge on any atom is 0.356 e. The molecular weight excluding hydrogens is 268 g/mol. The van der Waals surface area contributed by atoms with Gasteiger partial charge in [0.1, 0.15) is 11.4 Å². The van der Waals surface area contributed by atoms with E-state index in [-0.39, 0.29) is 11.4 Å². The molecule has 6 heteroatoms. The Morgan fingerprint density at radius 2 is 2.11 bits per heavy atom. The summed E-state index contributed by atoms with van der Waals surface area (Å²) >= 11 is 6.07. The monoisotopic (exact) mass is 278 g/mol. The summed E-state index contributed by atoms with van der Waals surface area (Å²) in [6, 6.07) is 5.00. The van der Waals surface area contributed by atoms with E-state index in [9.17, 15) is 4.79 Å². The quantitative estimate of drug-likeness (QED) is 0.931. The molecular formula is C13H11ClN2O3. The molecule has 1 aromatic heterocycles. The first-order valence-corrected chi connectivity index (χ1v) is 5.98. The van der Waals surface area contributed by atoms with Crippen molar-refractivity contribution in [3.8, 4) is 17.0 Å². The minimum Gasteiger partial charge on any atom is -0.492 e. The van der Waals surface area contributed by atoms with Crippen molar-refractivity contribution in [1.82, 2.24) is 9.97 Å². The second-order valence-electron chi connectivity index (χ2n) is 3.64. The number of carboxylic acids is 1. The van der Waals surface area contributed by atoms with Gasteiger partial charge in [0, 0.05) is 18.0 Å². The number of hydrogen-bond acceptors (Lipinski definition) is 4. The molecule has 0 amide bonds. The molecule has 1 aromatic carbocycles. The molecule has 0 unspecified atom stereocenters. The Hall–Kier alpha value is -2.14. The molecule has 1 N–H and O–H groups in total. The lowest BCUT2D eigenvalue weighted by Crippen LogP contribution is -2.04. The average Bonchev–Trinajstić information content (AvgIpc) is 2.41. The molecule has 0 atom stereocenters. The van der Waals surface area contributed by atoms with Crippen molar-refractivity contribution in [3.05, 3.63) is 41.3 Å². The maximum absolute atomic E-state index is 11.1. The second-order valence-corrected chi connectivity index (χ2v) is 4.04. The summed E-state index contributed by atoms with van der Waals surface area (Å²) in [6.07, 6.45) is 2.77. The summed E-state index contributed by atoms with van der Waals surface area (Å²) in [6.45, 7) is 2.36. The fourth-order valence-corrected chi connectivity index (χ4v) is 1.86. The molecule has 1 heterocycles. The van der Waals surface area contributed by atoms with Gasteiger partial charge in [0.25, 0.3) is 0 Å². The van der Waals surface area contributed by atoms with Crippen LogP contribution in [0.25, 0.3) is 11.3 Å². The van der Waals surface area contributed by atoms with E-state index in [1.54, 1.807) is 18.2 Å². The third kappa shape index (κ3) is 2.82. The zero-order valence-corrected chi connectivity index (χ0v) is 10.9. The van der Waals surface area contributed by atoms with Crippen molar-refractivity contribution in [2.24, 2.45) is 0 Å². The Morgan fingerprint density at radius 3 is 2.74 bits per heavy atom. The molecule has 0 saturated carbocycles.